The fourth-order valence-corrected chi connectivity index (χ4v) is 14.1. The lowest BCUT2D eigenvalue weighted by Gasteiger charge is -2.23. The van der Waals surface area contributed by atoms with Gasteiger partial charge in [-0.1, -0.05) is 214 Å². The van der Waals surface area contributed by atoms with Crippen LogP contribution in [0.4, 0.5) is 0 Å². The van der Waals surface area contributed by atoms with E-state index in [0.717, 1.165) is 0 Å². The molecule has 0 atom stereocenters. The first-order valence-electron chi connectivity index (χ1n) is 26.5. The molecule has 0 aromatic heterocycles. The van der Waals surface area contributed by atoms with Crippen LogP contribution in [0.1, 0.15) is 25.0 Å². The summed E-state index contributed by atoms with van der Waals surface area (Å²) in [5.74, 6) is 0. The summed E-state index contributed by atoms with van der Waals surface area (Å²) in [6.07, 6.45) is 0. The Bertz CT molecular complexity index is 5120. The summed E-state index contributed by atoms with van der Waals surface area (Å²) in [5, 5.41) is 28.6. The lowest BCUT2D eigenvalue weighted by molar-refractivity contribution is 0.662. The number of rotatable bonds is 3. The van der Waals surface area contributed by atoms with Gasteiger partial charge < -0.3 is 0 Å². The average Bonchev–Trinajstić information content (AvgIpc) is 3.68. The van der Waals surface area contributed by atoms with E-state index >= 15 is 0 Å². The fourth-order valence-electron chi connectivity index (χ4n) is 14.1. The van der Waals surface area contributed by atoms with Crippen LogP contribution in [-0.4, -0.2) is 0 Å². The molecule has 346 valence electrons. The normalized spacial score (nSPS) is 13.3. The Hall–Kier alpha value is -9.36. The highest BCUT2D eigenvalue weighted by atomic mass is 14.4. The number of fused-ring (bicyclic) bond motifs is 17. The van der Waals surface area contributed by atoms with E-state index in [0.29, 0.717) is 0 Å². The summed E-state index contributed by atoms with van der Waals surface area (Å²) in [6, 6.07) is 92.3. The van der Waals surface area contributed by atoms with Crippen LogP contribution < -0.4 is 0 Å². The van der Waals surface area contributed by atoms with E-state index in [1.165, 1.54) is 174 Å². The molecular weight excluding hydrogens is 901 g/mol. The van der Waals surface area contributed by atoms with Crippen LogP contribution >= 0.6 is 0 Å². The molecule has 0 radical (unpaired) electrons. The lowest BCUT2D eigenvalue weighted by Crippen LogP contribution is -2.15. The summed E-state index contributed by atoms with van der Waals surface area (Å²) in [4.78, 5) is 0. The molecule has 0 aliphatic heterocycles. The van der Waals surface area contributed by atoms with Gasteiger partial charge in [-0.15, -0.1) is 0 Å². The molecule has 0 N–H and O–H groups in total. The predicted molar refractivity (Wildman–Crippen MR) is 324 cm³/mol. The lowest BCUT2D eigenvalue weighted by atomic mass is 9.80. The number of hydrogen-bond donors (Lipinski definition) is 0. The van der Waals surface area contributed by atoms with E-state index in [9.17, 15) is 0 Å². The quantitative estimate of drug-likeness (QED) is 0.122. The van der Waals surface area contributed by atoms with Crippen LogP contribution in [0.15, 0.2) is 243 Å². The van der Waals surface area contributed by atoms with E-state index in [-0.39, 0.29) is 5.41 Å². The molecule has 0 unspecified atom stereocenters. The zero-order chi connectivity index (χ0) is 49.3. The first kappa shape index (κ1) is 41.1. The molecule has 17 rings (SSSR count). The molecule has 0 amide bonds. The third-order valence-electron chi connectivity index (χ3n) is 17.7. The van der Waals surface area contributed by atoms with Crippen LogP contribution in [-0.2, 0) is 5.41 Å². The minimum absolute atomic E-state index is 0.221. The maximum Gasteiger partial charge on any atom is 0.0159 e. The maximum absolute atomic E-state index is 2.55. The van der Waals surface area contributed by atoms with Crippen molar-refractivity contribution in [3.63, 3.8) is 0 Å². The molecule has 0 heterocycles. The summed E-state index contributed by atoms with van der Waals surface area (Å²) < 4.78 is 0. The Balaban J connectivity index is 0.810. The van der Waals surface area contributed by atoms with Crippen LogP contribution in [0.5, 0.6) is 0 Å². The van der Waals surface area contributed by atoms with Crippen molar-refractivity contribution in [1.29, 1.82) is 0 Å². The zero-order valence-corrected chi connectivity index (χ0v) is 41.6. The van der Waals surface area contributed by atoms with Crippen molar-refractivity contribution in [2.45, 2.75) is 19.3 Å². The largest absolute Gasteiger partial charge is 0.0616 e. The monoisotopic (exact) mass is 946 g/mol. The van der Waals surface area contributed by atoms with Gasteiger partial charge in [0.25, 0.3) is 0 Å². The molecule has 16 aromatic carbocycles. The van der Waals surface area contributed by atoms with Gasteiger partial charge in [0, 0.05) is 5.41 Å². The Morgan fingerprint density at radius 3 is 1.17 bits per heavy atom. The van der Waals surface area contributed by atoms with Gasteiger partial charge in [0.1, 0.15) is 0 Å². The van der Waals surface area contributed by atoms with Crippen molar-refractivity contribution in [3.05, 3.63) is 254 Å². The highest BCUT2D eigenvalue weighted by Gasteiger charge is 2.37. The first-order chi connectivity index (χ1) is 36.9. The molecule has 0 nitrogen and oxygen atoms in total. The van der Waals surface area contributed by atoms with Crippen molar-refractivity contribution in [2.75, 3.05) is 0 Å². The van der Waals surface area contributed by atoms with Gasteiger partial charge in [0.05, 0.1) is 0 Å². The van der Waals surface area contributed by atoms with E-state index in [4.69, 9.17) is 0 Å². The molecule has 0 bridgehead atoms. The molecule has 1 aliphatic rings. The third kappa shape index (κ3) is 5.66. The molecule has 0 saturated carbocycles. The van der Waals surface area contributed by atoms with Crippen LogP contribution in [0.3, 0.4) is 0 Å². The van der Waals surface area contributed by atoms with Crippen molar-refractivity contribution >= 4 is 118 Å². The molecule has 16 aromatic rings. The van der Waals surface area contributed by atoms with Crippen LogP contribution in [0, 0.1) is 0 Å². The summed E-state index contributed by atoms with van der Waals surface area (Å²) in [6.45, 7) is 4.88. The molecule has 0 spiro atoms. The van der Waals surface area contributed by atoms with Crippen LogP contribution in [0.25, 0.3) is 163 Å². The minimum Gasteiger partial charge on any atom is -0.0616 e. The summed E-state index contributed by atoms with van der Waals surface area (Å²) >= 11 is 0. The summed E-state index contributed by atoms with van der Waals surface area (Å²) in [5.41, 5.74) is 12.8. The van der Waals surface area contributed by atoms with E-state index < -0.39 is 0 Å². The number of hydrogen-bond acceptors (Lipinski definition) is 0. The van der Waals surface area contributed by atoms with Gasteiger partial charge >= 0.3 is 0 Å². The van der Waals surface area contributed by atoms with Crippen molar-refractivity contribution in [3.8, 4) is 44.5 Å². The van der Waals surface area contributed by atoms with Gasteiger partial charge in [-0.25, -0.2) is 0 Å². The predicted octanol–water partition coefficient (Wildman–Crippen LogP) is 21.1. The van der Waals surface area contributed by atoms with Gasteiger partial charge in [0.2, 0.25) is 0 Å². The smallest absolute Gasteiger partial charge is 0.0159 e. The topological polar surface area (TPSA) is 0 Å². The van der Waals surface area contributed by atoms with Crippen molar-refractivity contribution in [1.82, 2.24) is 0 Å². The minimum atomic E-state index is -0.221. The molecule has 0 heteroatoms. The molecular formula is C75H46. The Kier molecular flexibility index (Phi) is 8.16. The van der Waals surface area contributed by atoms with Crippen molar-refractivity contribution in [2.24, 2.45) is 0 Å². The number of benzene rings is 16. The second-order valence-corrected chi connectivity index (χ2v) is 21.9. The maximum atomic E-state index is 2.55. The first-order valence-corrected chi connectivity index (χ1v) is 26.5. The Labute approximate surface area is 433 Å². The second-order valence-electron chi connectivity index (χ2n) is 21.9. The van der Waals surface area contributed by atoms with E-state index in [1.54, 1.807) is 0 Å². The Morgan fingerprint density at radius 1 is 0.213 bits per heavy atom. The van der Waals surface area contributed by atoms with Crippen LogP contribution in [0.2, 0.25) is 0 Å². The van der Waals surface area contributed by atoms with Gasteiger partial charge in [-0.3, -0.25) is 0 Å². The van der Waals surface area contributed by atoms with Gasteiger partial charge in [-0.2, -0.15) is 0 Å². The van der Waals surface area contributed by atoms with E-state index in [2.05, 4.69) is 257 Å². The third-order valence-corrected chi connectivity index (χ3v) is 17.7. The SMILES string of the molecule is CC1(C)c2cc3c4ccc(-c5ccc(-c6ccc7ccc8cccc9ccc6c7c89)cc5)cc4c4ccccc4c3cc2-c2cc3c4ccccc4c4cc(-c5c6ccccc6cc6ccccc56)ccc4c3cc21. The molecule has 0 saturated heterocycles. The molecule has 0 fully saturated rings. The molecule has 75 heavy (non-hydrogen) atoms. The van der Waals surface area contributed by atoms with Gasteiger partial charge in [-0.05, 0) is 217 Å². The highest BCUT2D eigenvalue weighted by molar-refractivity contribution is 6.30. The standard InChI is InChI=1S/C75H46/c1-75(2)70-41-66-59-33-30-48(43-22-24-44(25-23-43)52-32-28-47-27-26-45-14-11-15-46-29-35-61(52)74(47)72(45)46)37-62(59)55-18-7-9-20-57(55)64(66)39-68(70)69-40-65-58-21-10-8-19-56(58)63-38-51(31-34-60(63)67(65)42-71(69)75)73-53-16-5-3-12-49(53)36-50-13-4-6-17-54(50)73/h3-42H,1-2H3. The van der Waals surface area contributed by atoms with Gasteiger partial charge in [0.15, 0.2) is 0 Å². The molecule has 1 aliphatic carbocycles. The second kappa shape index (κ2) is 14.9. The zero-order valence-electron chi connectivity index (χ0n) is 41.6. The fraction of sp³-hybridized carbons (Fsp3) is 0.0400. The van der Waals surface area contributed by atoms with Crippen molar-refractivity contribution < 1.29 is 0 Å². The Morgan fingerprint density at radius 2 is 0.600 bits per heavy atom. The highest BCUT2D eigenvalue weighted by Crippen LogP contribution is 2.54. The van der Waals surface area contributed by atoms with E-state index in [1.807, 2.05) is 0 Å². The summed E-state index contributed by atoms with van der Waals surface area (Å²) in [7, 11) is 0. The average molecular weight is 947 g/mol.